The van der Waals surface area contributed by atoms with Gasteiger partial charge in [0.05, 0.1) is 11.5 Å². The number of pyridine rings is 1. The maximum atomic E-state index is 12.1. The molecular weight excluding hydrogens is 320 g/mol. The van der Waals surface area contributed by atoms with Crippen LogP contribution in [0, 0.1) is 11.3 Å². The molecule has 0 saturated heterocycles. The Morgan fingerprint density at radius 2 is 2.05 bits per heavy atom. The van der Waals surface area contributed by atoms with Crippen molar-refractivity contribution in [2.75, 3.05) is 11.4 Å². The van der Waals surface area contributed by atoms with Crippen molar-refractivity contribution < 1.29 is 0 Å². The van der Waals surface area contributed by atoms with Gasteiger partial charge in [0.1, 0.15) is 11.4 Å². The molecule has 0 amide bonds. The van der Waals surface area contributed by atoms with Crippen LogP contribution in [0.15, 0.2) is 47.4 Å². The molecule has 0 saturated carbocycles. The molecule has 2 aromatic heterocycles. The van der Waals surface area contributed by atoms with Crippen molar-refractivity contribution in [3.05, 3.63) is 58.0 Å². The predicted octanol–water partition coefficient (Wildman–Crippen LogP) is 3.37. The molecule has 0 aliphatic carbocycles. The second kappa shape index (κ2) is 6.10. The molecule has 108 valence electrons. The number of rotatable bonds is 3. The van der Waals surface area contributed by atoms with Crippen LogP contribution in [-0.2, 0) is 0 Å². The average Bonchev–Trinajstić information content (AvgIpc) is 2.54. The number of fused-ring (bicyclic) bond motifs is 1. The average molecular weight is 329 g/mol. The minimum absolute atomic E-state index is 0.0723. The zero-order chi connectivity index (χ0) is 15.5. The van der Waals surface area contributed by atoms with E-state index in [9.17, 15) is 4.79 Å². The highest BCUT2D eigenvalue weighted by Gasteiger charge is 2.14. The molecule has 0 radical (unpaired) electrons. The van der Waals surface area contributed by atoms with Gasteiger partial charge in [-0.25, -0.2) is 4.98 Å². The predicted molar refractivity (Wildman–Crippen MR) is 87.8 cm³/mol. The van der Waals surface area contributed by atoms with Crippen molar-refractivity contribution in [1.82, 2.24) is 9.97 Å². The fourth-order valence-corrected chi connectivity index (χ4v) is 3.05. The number of hydrogen-bond acceptors (Lipinski definition) is 6. The van der Waals surface area contributed by atoms with Crippen molar-refractivity contribution in [1.29, 1.82) is 5.26 Å². The van der Waals surface area contributed by atoms with Crippen molar-refractivity contribution in [2.45, 2.75) is 0 Å². The maximum Gasteiger partial charge on any atom is 0.282 e. The van der Waals surface area contributed by atoms with E-state index in [2.05, 4.69) is 16.0 Å². The maximum absolute atomic E-state index is 12.1. The number of nitrogens with zero attached hydrogens (tertiary/aromatic N) is 4. The third-order valence-electron chi connectivity index (χ3n) is 2.98. The first-order valence-corrected chi connectivity index (χ1v) is 7.54. The van der Waals surface area contributed by atoms with E-state index >= 15 is 0 Å². The Balaban J connectivity index is 2.15. The lowest BCUT2D eigenvalue weighted by atomic mass is 10.3. The van der Waals surface area contributed by atoms with Gasteiger partial charge in [-0.1, -0.05) is 22.9 Å². The van der Waals surface area contributed by atoms with Crippen molar-refractivity contribution in [3.63, 3.8) is 0 Å². The van der Waals surface area contributed by atoms with Crippen LogP contribution in [0.3, 0.4) is 0 Å². The van der Waals surface area contributed by atoms with Gasteiger partial charge in [0.25, 0.3) is 5.56 Å². The molecule has 0 atom stereocenters. The van der Waals surface area contributed by atoms with Crippen LogP contribution < -0.4 is 10.5 Å². The zero-order valence-corrected chi connectivity index (χ0v) is 12.8. The molecule has 0 N–H and O–H groups in total. The molecule has 5 nitrogen and oxygen atoms in total. The lowest BCUT2D eigenvalue weighted by Gasteiger charge is -2.19. The molecule has 22 heavy (non-hydrogen) atoms. The first-order chi connectivity index (χ1) is 10.7. The van der Waals surface area contributed by atoms with E-state index < -0.39 is 0 Å². The minimum Gasteiger partial charge on any atom is -0.304 e. The molecule has 0 bridgehead atoms. The SMILES string of the molecule is N#CCN(c1ccc(Cl)cc1)c1nc(=O)c2cccnc2s1. The van der Waals surface area contributed by atoms with Gasteiger partial charge in [-0.05, 0) is 36.4 Å². The summed E-state index contributed by atoms with van der Waals surface area (Å²) in [6.07, 6.45) is 1.62. The van der Waals surface area contributed by atoms with Gasteiger partial charge in [0.2, 0.25) is 0 Å². The molecular formula is C15H9ClN4OS. The van der Waals surface area contributed by atoms with Gasteiger partial charge in [-0.15, -0.1) is 0 Å². The number of nitriles is 1. The summed E-state index contributed by atoms with van der Waals surface area (Å²) in [5.41, 5.74) is 0.387. The van der Waals surface area contributed by atoms with Crippen LogP contribution >= 0.6 is 22.9 Å². The molecule has 0 unspecified atom stereocenters. The van der Waals surface area contributed by atoms with E-state index in [1.165, 1.54) is 11.3 Å². The number of halogens is 1. The first-order valence-electron chi connectivity index (χ1n) is 6.35. The Morgan fingerprint density at radius 3 is 2.77 bits per heavy atom. The Kier molecular flexibility index (Phi) is 4.00. The molecule has 0 spiro atoms. The fourth-order valence-electron chi connectivity index (χ4n) is 1.97. The second-order valence-electron chi connectivity index (χ2n) is 4.38. The minimum atomic E-state index is -0.353. The van der Waals surface area contributed by atoms with Gasteiger partial charge < -0.3 is 4.90 Å². The van der Waals surface area contributed by atoms with E-state index in [1.807, 2.05) is 0 Å². The highest BCUT2D eigenvalue weighted by Crippen LogP contribution is 2.29. The van der Waals surface area contributed by atoms with Crippen LogP contribution in [0.25, 0.3) is 10.2 Å². The highest BCUT2D eigenvalue weighted by molar-refractivity contribution is 7.21. The second-order valence-corrected chi connectivity index (χ2v) is 5.77. The number of aromatic nitrogens is 2. The lowest BCUT2D eigenvalue weighted by Crippen LogP contribution is -2.20. The molecule has 1 aromatic carbocycles. The summed E-state index contributed by atoms with van der Waals surface area (Å²) in [5.74, 6) is 0. The van der Waals surface area contributed by atoms with E-state index in [4.69, 9.17) is 16.9 Å². The normalized spacial score (nSPS) is 10.4. The first kappa shape index (κ1) is 14.4. The van der Waals surface area contributed by atoms with Crippen LogP contribution in [-0.4, -0.2) is 16.5 Å². The summed E-state index contributed by atoms with van der Waals surface area (Å²) >= 11 is 7.15. The third-order valence-corrected chi connectivity index (χ3v) is 4.25. The largest absolute Gasteiger partial charge is 0.304 e. The highest BCUT2D eigenvalue weighted by atomic mass is 35.5. The van der Waals surface area contributed by atoms with Gasteiger partial charge in [0.15, 0.2) is 5.13 Å². The number of hydrogen-bond donors (Lipinski definition) is 0. The smallest absolute Gasteiger partial charge is 0.282 e. The summed E-state index contributed by atoms with van der Waals surface area (Å²) in [5, 5.41) is 10.6. The Labute approximate surface area is 135 Å². The van der Waals surface area contributed by atoms with Crippen molar-refractivity contribution in [2.24, 2.45) is 0 Å². The van der Waals surface area contributed by atoms with E-state index in [0.717, 1.165) is 5.69 Å². The molecule has 3 aromatic rings. The monoisotopic (exact) mass is 328 g/mol. The van der Waals surface area contributed by atoms with Gasteiger partial charge in [-0.3, -0.25) is 4.79 Å². The fraction of sp³-hybridized carbons (Fsp3) is 0.0667. The van der Waals surface area contributed by atoms with Crippen LogP contribution in [0.2, 0.25) is 5.02 Å². The third kappa shape index (κ3) is 2.77. The molecule has 7 heteroatoms. The molecule has 0 aliphatic heterocycles. The van der Waals surface area contributed by atoms with Crippen molar-refractivity contribution >= 4 is 44.0 Å². The van der Waals surface area contributed by atoms with E-state index in [0.29, 0.717) is 20.4 Å². The standard InChI is InChI=1S/C15H9ClN4OS/c16-10-3-5-11(6-4-10)20(9-7-17)15-19-13(21)12-2-1-8-18-14(12)22-15/h1-6,8H,9H2. The molecule has 0 aliphatic rings. The summed E-state index contributed by atoms with van der Waals surface area (Å²) in [6, 6.07) is 12.5. The summed E-state index contributed by atoms with van der Waals surface area (Å²) in [4.78, 5) is 22.7. The topological polar surface area (TPSA) is 69.9 Å². The summed E-state index contributed by atoms with van der Waals surface area (Å²) in [7, 11) is 0. The Bertz CT molecular complexity index is 917. The van der Waals surface area contributed by atoms with E-state index in [-0.39, 0.29) is 12.1 Å². The molecule has 2 heterocycles. The summed E-state index contributed by atoms with van der Waals surface area (Å²) < 4.78 is 0. The molecule has 3 rings (SSSR count). The number of benzene rings is 1. The zero-order valence-electron chi connectivity index (χ0n) is 11.2. The van der Waals surface area contributed by atoms with Gasteiger partial charge >= 0.3 is 0 Å². The quantitative estimate of drug-likeness (QED) is 0.689. The van der Waals surface area contributed by atoms with Gasteiger partial charge in [-0.2, -0.15) is 10.2 Å². The number of anilines is 2. The Hall–Kier alpha value is -2.49. The van der Waals surface area contributed by atoms with Crippen LogP contribution in [0.1, 0.15) is 0 Å². The Morgan fingerprint density at radius 1 is 1.27 bits per heavy atom. The van der Waals surface area contributed by atoms with Gasteiger partial charge in [0, 0.05) is 16.9 Å². The van der Waals surface area contributed by atoms with Crippen LogP contribution in [0.4, 0.5) is 10.8 Å². The lowest BCUT2D eigenvalue weighted by molar-refractivity contribution is 1.07. The molecule has 0 fully saturated rings. The summed E-state index contributed by atoms with van der Waals surface area (Å²) in [6.45, 7) is 0.0723. The van der Waals surface area contributed by atoms with Crippen LogP contribution in [0.5, 0.6) is 0 Å². The van der Waals surface area contributed by atoms with Crippen molar-refractivity contribution in [3.8, 4) is 6.07 Å². The van der Waals surface area contributed by atoms with E-state index in [1.54, 1.807) is 47.5 Å².